The van der Waals surface area contributed by atoms with Crippen LogP contribution >= 0.6 is 0 Å². The number of rotatable bonds is 6. The predicted octanol–water partition coefficient (Wildman–Crippen LogP) is 3.12. The molecule has 2 N–H and O–H groups in total. The van der Waals surface area contributed by atoms with Gasteiger partial charge >= 0.3 is 5.97 Å². The number of carboxylic acids is 1. The molecule has 130 valence electrons. The van der Waals surface area contributed by atoms with Crippen LogP contribution in [0, 0.1) is 12.8 Å². The topological polar surface area (TPSA) is 75.6 Å². The van der Waals surface area contributed by atoms with Gasteiger partial charge in [-0.1, -0.05) is 30.3 Å². The van der Waals surface area contributed by atoms with E-state index in [-0.39, 0.29) is 23.3 Å². The number of hydrogen-bond donors (Lipinski definition) is 2. The third-order valence-corrected chi connectivity index (χ3v) is 4.68. The Bertz CT molecular complexity index is 815. The van der Waals surface area contributed by atoms with Crippen LogP contribution < -0.4 is 10.1 Å². The van der Waals surface area contributed by atoms with Crippen molar-refractivity contribution in [3.05, 3.63) is 64.7 Å². The van der Waals surface area contributed by atoms with E-state index in [0.29, 0.717) is 12.3 Å². The number of carbonyl (C=O) groups is 2. The first-order chi connectivity index (χ1) is 12.0. The zero-order valence-corrected chi connectivity index (χ0v) is 14.3. The first kappa shape index (κ1) is 17.0. The molecule has 0 bridgehead atoms. The van der Waals surface area contributed by atoms with Gasteiger partial charge in [-0.05, 0) is 48.1 Å². The molecule has 2 aromatic rings. The summed E-state index contributed by atoms with van der Waals surface area (Å²) in [5, 5.41) is 12.1. The number of benzene rings is 2. The van der Waals surface area contributed by atoms with E-state index in [4.69, 9.17) is 4.74 Å². The quantitative estimate of drug-likeness (QED) is 0.848. The Morgan fingerprint density at radius 2 is 2.00 bits per heavy atom. The summed E-state index contributed by atoms with van der Waals surface area (Å²) in [7, 11) is 1.43. The van der Waals surface area contributed by atoms with Crippen LogP contribution in [0.4, 0.5) is 0 Å². The molecule has 3 rings (SSSR count). The second-order valence-corrected chi connectivity index (χ2v) is 6.36. The number of aromatic carboxylic acids is 1. The monoisotopic (exact) mass is 339 g/mol. The maximum absolute atomic E-state index is 12.4. The van der Waals surface area contributed by atoms with Crippen LogP contribution in [0.5, 0.6) is 5.75 Å². The SMILES string of the molecule is COc1ccc(CNC(=O)[C@@H]2C[C@H]2c2ccccc2C)cc1C(=O)O. The van der Waals surface area contributed by atoms with Crippen LogP contribution in [0.3, 0.4) is 0 Å². The van der Waals surface area contributed by atoms with E-state index in [0.717, 1.165) is 12.0 Å². The fourth-order valence-electron chi connectivity index (χ4n) is 3.18. The summed E-state index contributed by atoms with van der Waals surface area (Å²) >= 11 is 0. The summed E-state index contributed by atoms with van der Waals surface area (Å²) in [5.41, 5.74) is 3.28. The third kappa shape index (κ3) is 3.65. The van der Waals surface area contributed by atoms with Gasteiger partial charge in [0.2, 0.25) is 5.91 Å². The average molecular weight is 339 g/mol. The van der Waals surface area contributed by atoms with Gasteiger partial charge in [0, 0.05) is 12.5 Å². The first-order valence-electron chi connectivity index (χ1n) is 8.24. The zero-order chi connectivity index (χ0) is 18.0. The minimum atomic E-state index is -1.05. The highest BCUT2D eigenvalue weighted by atomic mass is 16.5. The summed E-state index contributed by atoms with van der Waals surface area (Å²) in [6.45, 7) is 2.37. The van der Waals surface area contributed by atoms with Gasteiger partial charge in [-0.25, -0.2) is 4.79 Å². The lowest BCUT2D eigenvalue weighted by Gasteiger charge is -2.09. The maximum atomic E-state index is 12.4. The van der Waals surface area contributed by atoms with Gasteiger partial charge in [0.05, 0.1) is 7.11 Å². The van der Waals surface area contributed by atoms with Gasteiger partial charge < -0.3 is 15.2 Å². The Hall–Kier alpha value is -2.82. The van der Waals surface area contributed by atoms with Gasteiger partial charge in [-0.15, -0.1) is 0 Å². The van der Waals surface area contributed by atoms with Crippen LogP contribution in [-0.2, 0) is 11.3 Å². The van der Waals surface area contributed by atoms with E-state index < -0.39 is 5.97 Å². The van der Waals surface area contributed by atoms with Gasteiger partial charge in [-0.2, -0.15) is 0 Å². The minimum Gasteiger partial charge on any atom is -0.496 e. The van der Waals surface area contributed by atoms with E-state index in [1.54, 1.807) is 12.1 Å². The molecule has 0 radical (unpaired) electrons. The van der Waals surface area contributed by atoms with Crippen molar-refractivity contribution in [3.63, 3.8) is 0 Å². The molecule has 5 nitrogen and oxygen atoms in total. The standard InChI is InChI=1S/C20H21NO4/c1-12-5-3-4-6-14(12)15-10-16(15)19(22)21-11-13-7-8-18(25-2)17(9-13)20(23)24/h3-9,15-16H,10-11H2,1-2H3,(H,21,22)(H,23,24)/t15-,16+/m0/s1. The number of amides is 1. The van der Waals surface area contributed by atoms with Crippen molar-refractivity contribution in [2.45, 2.75) is 25.8 Å². The Morgan fingerprint density at radius 3 is 2.68 bits per heavy atom. The third-order valence-electron chi connectivity index (χ3n) is 4.68. The molecule has 0 aliphatic heterocycles. The van der Waals surface area contributed by atoms with Gasteiger partial charge in [0.15, 0.2) is 0 Å². The molecule has 1 fully saturated rings. The van der Waals surface area contributed by atoms with Crippen molar-refractivity contribution < 1.29 is 19.4 Å². The fourth-order valence-corrected chi connectivity index (χ4v) is 3.18. The molecule has 0 aromatic heterocycles. The van der Waals surface area contributed by atoms with Gasteiger partial charge in [-0.3, -0.25) is 4.79 Å². The lowest BCUT2D eigenvalue weighted by Crippen LogP contribution is -2.25. The summed E-state index contributed by atoms with van der Waals surface area (Å²) in [6.07, 6.45) is 0.861. The van der Waals surface area contributed by atoms with Crippen molar-refractivity contribution in [1.82, 2.24) is 5.32 Å². The predicted molar refractivity (Wildman–Crippen MR) is 93.8 cm³/mol. The van der Waals surface area contributed by atoms with Crippen LogP contribution in [0.1, 0.15) is 39.4 Å². The number of nitrogens with one attached hydrogen (secondary N) is 1. The largest absolute Gasteiger partial charge is 0.496 e. The Labute approximate surface area is 146 Å². The second-order valence-electron chi connectivity index (χ2n) is 6.36. The van der Waals surface area contributed by atoms with Crippen molar-refractivity contribution in [1.29, 1.82) is 0 Å². The molecule has 1 aliphatic rings. The number of methoxy groups -OCH3 is 1. The molecule has 1 saturated carbocycles. The molecule has 0 saturated heterocycles. The van der Waals surface area contributed by atoms with Crippen molar-refractivity contribution >= 4 is 11.9 Å². The maximum Gasteiger partial charge on any atom is 0.339 e. The van der Waals surface area contributed by atoms with Crippen LogP contribution in [0.25, 0.3) is 0 Å². The number of carboxylic acid groups (broad SMARTS) is 1. The molecule has 2 atom stereocenters. The minimum absolute atomic E-state index is 0.00158. The highest BCUT2D eigenvalue weighted by molar-refractivity contribution is 5.91. The smallest absolute Gasteiger partial charge is 0.339 e. The number of ether oxygens (including phenoxy) is 1. The Morgan fingerprint density at radius 1 is 1.24 bits per heavy atom. The summed E-state index contributed by atoms with van der Waals surface area (Å²) in [6, 6.07) is 13.0. The van der Waals surface area contributed by atoms with E-state index in [2.05, 4.69) is 24.4 Å². The van der Waals surface area contributed by atoms with Crippen LogP contribution in [0.15, 0.2) is 42.5 Å². The Kier molecular flexibility index (Phi) is 4.74. The van der Waals surface area contributed by atoms with Crippen molar-refractivity contribution in [2.75, 3.05) is 7.11 Å². The highest BCUT2D eigenvalue weighted by Gasteiger charge is 2.44. The van der Waals surface area contributed by atoms with Gasteiger partial charge in [0.25, 0.3) is 0 Å². The molecule has 0 heterocycles. The molecular formula is C20H21NO4. The molecule has 25 heavy (non-hydrogen) atoms. The lowest BCUT2D eigenvalue weighted by molar-refractivity contribution is -0.122. The average Bonchev–Trinajstić information content (AvgIpc) is 3.40. The fraction of sp³-hybridized carbons (Fsp3) is 0.300. The van der Waals surface area contributed by atoms with E-state index >= 15 is 0 Å². The Balaban J connectivity index is 1.61. The molecule has 1 aliphatic carbocycles. The van der Waals surface area contributed by atoms with Crippen molar-refractivity contribution in [3.8, 4) is 5.75 Å². The summed E-state index contributed by atoms with van der Waals surface area (Å²) in [5.74, 6) is -0.442. The van der Waals surface area contributed by atoms with Crippen LogP contribution in [-0.4, -0.2) is 24.1 Å². The first-order valence-corrected chi connectivity index (χ1v) is 8.24. The second kappa shape index (κ2) is 6.97. The van der Waals surface area contributed by atoms with Crippen LogP contribution in [0.2, 0.25) is 0 Å². The molecule has 1 amide bonds. The zero-order valence-electron chi connectivity index (χ0n) is 14.3. The van der Waals surface area contributed by atoms with Gasteiger partial charge in [0.1, 0.15) is 11.3 Å². The molecule has 0 spiro atoms. The van der Waals surface area contributed by atoms with Crippen molar-refractivity contribution in [2.24, 2.45) is 5.92 Å². The molecule has 2 aromatic carbocycles. The molecule has 5 heteroatoms. The number of carbonyl (C=O) groups excluding carboxylic acids is 1. The summed E-state index contributed by atoms with van der Waals surface area (Å²) < 4.78 is 5.04. The lowest BCUT2D eigenvalue weighted by atomic mass is 10.0. The normalized spacial score (nSPS) is 18.5. The number of aryl methyl sites for hydroxylation is 1. The summed E-state index contributed by atoms with van der Waals surface area (Å²) in [4.78, 5) is 23.6. The van der Waals surface area contributed by atoms with E-state index in [1.807, 2.05) is 12.1 Å². The number of hydrogen-bond acceptors (Lipinski definition) is 3. The van der Waals surface area contributed by atoms with E-state index in [9.17, 15) is 14.7 Å². The molecular weight excluding hydrogens is 318 g/mol. The highest BCUT2D eigenvalue weighted by Crippen LogP contribution is 2.48. The molecule has 0 unspecified atom stereocenters. The van der Waals surface area contributed by atoms with E-state index in [1.165, 1.54) is 24.3 Å².